The van der Waals surface area contributed by atoms with Gasteiger partial charge in [0.25, 0.3) is 0 Å². The molecule has 0 fully saturated rings. The maximum atomic E-state index is 5.43. The second-order valence-corrected chi connectivity index (χ2v) is 4.89. The highest BCUT2D eigenvalue weighted by molar-refractivity contribution is 5.47. The fourth-order valence-corrected chi connectivity index (χ4v) is 2.60. The minimum atomic E-state index is -0.0574. The lowest BCUT2D eigenvalue weighted by Crippen LogP contribution is -2.30. The summed E-state index contributed by atoms with van der Waals surface area (Å²) in [7, 11) is 0. The van der Waals surface area contributed by atoms with Crippen molar-refractivity contribution in [1.82, 2.24) is 25.4 Å². The molecular formula is C15H13N5O. The molecule has 0 spiro atoms. The van der Waals surface area contributed by atoms with E-state index in [1.165, 1.54) is 17.5 Å². The third-order valence-corrected chi connectivity index (χ3v) is 3.61. The van der Waals surface area contributed by atoms with E-state index in [2.05, 4.69) is 43.6 Å². The summed E-state index contributed by atoms with van der Waals surface area (Å²) in [5.41, 5.74) is 3.17. The molecule has 6 nitrogen and oxygen atoms in total. The molecule has 0 saturated carbocycles. The van der Waals surface area contributed by atoms with Crippen LogP contribution in [-0.2, 0) is 6.42 Å². The third-order valence-electron chi connectivity index (χ3n) is 3.61. The Morgan fingerprint density at radius 1 is 1.19 bits per heavy atom. The highest BCUT2D eigenvalue weighted by Crippen LogP contribution is 2.28. The quantitative estimate of drug-likeness (QED) is 0.770. The first-order valence-corrected chi connectivity index (χ1v) is 6.83. The van der Waals surface area contributed by atoms with E-state index in [9.17, 15) is 0 Å². The predicted octanol–water partition coefficient (Wildman–Crippen LogP) is 1.76. The molecule has 1 aliphatic rings. The maximum absolute atomic E-state index is 5.43. The molecule has 0 amide bonds. The lowest BCUT2D eigenvalue weighted by Gasteiger charge is -2.23. The SMILES string of the molecule is c1ccc2c(c1)CCNC2c1nc(-c2ccncn2)no1. The van der Waals surface area contributed by atoms with Crippen molar-refractivity contribution < 1.29 is 4.52 Å². The molecule has 1 atom stereocenters. The van der Waals surface area contributed by atoms with Gasteiger partial charge in [0.05, 0.1) is 0 Å². The van der Waals surface area contributed by atoms with Crippen LogP contribution in [-0.4, -0.2) is 26.7 Å². The van der Waals surface area contributed by atoms with E-state index in [1.807, 2.05) is 6.07 Å². The van der Waals surface area contributed by atoms with Crippen molar-refractivity contribution in [3.63, 3.8) is 0 Å². The monoisotopic (exact) mass is 279 g/mol. The normalized spacial score (nSPS) is 17.4. The fourth-order valence-electron chi connectivity index (χ4n) is 2.60. The standard InChI is InChI=1S/C15H13N5O/c1-2-4-11-10(3-1)5-8-17-13(11)15-19-14(20-21-15)12-6-7-16-9-18-12/h1-4,6-7,9,13,17H,5,8H2. The van der Waals surface area contributed by atoms with Crippen LogP contribution in [0, 0.1) is 0 Å². The van der Waals surface area contributed by atoms with Gasteiger partial charge >= 0.3 is 0 Å². The van der Waals surface area contributed by atoms with Crippen LogP contribution in [0.3, 0.4) is 0 Å². The van der Waals surface area contributed by atoms with Crippen molar-refractivity contribution in [2.45, 2.75) is 12.5 Å². The third kappa shape index (κ3) is 2.19. The minimum absolute atomic E-state index is 0.0574. The number of rotatable bonds is 2. The Bertz CT molecular complexity index is 756. The molecule has 3 aromatic rings. The summed E-state index contributed by atoms with van der Waals surface area (Å²) in [5.74, 6) is 1.05. The van der Waals surface area contributed by atoms with Gasteiger partial charge in [0.1, 0.15) is 18.1 Å². The van der Waals surface area contributed by atoms with Gasteiger partial charge in [0.2, 0.25) is 11.7 Å². The first-order valence-electron chi connectivity index (χ1n) is 6.83. The molecule has 6 heteroatoms. The van der Waals surface area contributed by atoms with Crippen molar-refractivity contribution >= 4 is 0 Å². The number of hydrogen-bond acceptors (Lipinski definition) is 6. The van der Waals surface area contributed by atoms with Crippen molar-refractivity contribution in [1.29, 1.82) is 0 Å². The summed E-state index contributed by atoms with van der Waals surface area (Å²) in [4.78, 5) is 12.5. The van der Waals surface area contributed by atoms with Crippen molar-refractivity contribution in [2.75, 3.05) is 6.54 Å². The molecule has 3 heterocycles. The van der Waals surface area contributed by atoms with Gasteiger partial charge in [-0.05, 0) is 23.6 Å². The number of nitrogens with zero attached hydrogens (tertiary/aromatic N) is 4. The van der Waals surface area contributed by atoms with E-state index in [-0.39, 0.29) is 6.04 Å². The van der Waals surface area contributed by atoms with E-state index in [0.717, 1.165) is 13.0 Å². The molecule has 1 N–H and O–H groups in total. The first kappa shape index (κ1) is 12.2. The average molecular weight is 279 g/mol. The molecule has 1 unspecified atom stereocenters. The largest absolute Gasteiger partial charge is 0.337 e. The molecule has 0 aliphatic carbocycles. The summed E-state index contributed by atoms with van der Waals surface area (Å²) in [6.45, 7) is 0.896. The number of aromatic nitrogens is 4. The molecule has 4 rings (SSSR count). The Morgan fingerprint density at radius 3 is 3.05 bits per heavy atom. The number of benzene rings is 1. The van der Waals surface area contributed by atoms with Gasteiger partial charge in [-0.25, -0.2) is 9.97 Å². The summed E-state index contributed by atoms with van der Waals surface area (Å²) in [6, 6.07) is 10.0. The Labute approximate surface area is 121 Å². The van der Waals surface area contributed by atoms with Gasteiger partial charge in [0, 0.05) is 12.7 Å². The Balaban J connectivity index is 1.71. The van der Waals surface area contributed by atoms with Crippen molar-refractivity contribution in [2.24, 2.45) is 0 Å². The number of hydrogen-bond donors (Lipinski definition) is 1. The molecule has 2 aromatic heterocycles. The van der Waals surface area contributed by atoms with Crippen LogP contribution < -0.4 is 5.32 Å². The number of fused-ring (bicyclic) bond motifs is 1. The maximum Gasteiger partial charge on any atom is 0.248 e. The second kappa shape index (κ2) is 5.06. The molecule has 0 radical (unpaired) electrons. The van der Waals surface area contributed by atoms with Crippen molar-refractivity contribution in [3.8, 4) is 11.5 Å². The van der Waals surface area contributed by atoms with Crippen LogP contribution in [0.5, 0.6) is 0 Å². The molecule has 1 aliphatic heterocycles. The van der Waals surface area contributed by atoms with E-state index < -0.39 is 0 Å². The highest BCUT2D eigenvalue weighted by Gasteiger charge is 2.26. The predicted molar refractivity (Wildman–Crippen MR) is 75.3 cm³/mol. The van der Waals surface area contributed by atoms with Crippen LogP contribution in [0.4, 0.5) is 0 Å². The zero-order chi connectivity index (χ0) is 14.1. The molecule has 21 heavy (non-hydrogen) atoms. The second-order valence-electron chi connectivity index (χ2n) is 4.89. The average Bonchev–Trinajstić information content (AvgIpc) is 3.05. The Hall–Kier alpha value is -2.60. The Morgan fingerprint density at radius 2 is 2.14 bits per heavy atom. The summed E-state index contributed by atoms with van der Waals surface area (Å²) in [6.07, 6.45) is 4.14. The van der Waals surface area contributed by atoms with Crippen molar-refractivity contribution in [3.05, 3.63) is 59.9 Å². The lowest BCUT2D eigenvalue weighted by atomic mass is 9.94. The Kier molecular flexibility index (Phi) is 2.93. The van der Waals surface area contributed by atoms with Crippen LogP contribution >= 0.6 is 0 Å². The lowest BCUT2D eigenvalue weighted by molar-refractivity contribution is 0.344. The molecular weight excluding hydrogens is 266 g/mol. The summed E-state index contributed by atoms with van der Waals surface area (Å²) < 4.78 is 5.43. The highest BCUT2D eigenvalue weighted by atomic mass is 16.5. The van der Waals surface area contributed by atoms with E-state index >= 15 is 0 Å². The molecule has 0 saturated heterocycles. The zero-order valence-electron chi connectivity index (χ0n) is 11.2. The van der Waals surface area contributed by atoms with Gasteiger partial charge in [-0.2, -0.15) is 4.98 Å². The van der Waals surface area contributed by atoms with Gasteiger partial charge in [-0.3, -0.25) is 0 Å². The topological polar surface area (TPSA) is 76.7 Å². The van der Waals surface area contributed by atoms with E-state index in [1.54, 1.807) is 12.3 Å². The van der Waals surface area contributed by atoms with E-state index in [4.69, 9.17) is 4.52 Å². The van der Waals surface area contributed by atoms with Crippen LogP contribution in [0.1, 0.15) is 23.1 Å². The van der Waals surface area contributed by atoms with Crippen LogP contribution in [0.15, 0.2) is 47.4 Å². The summed E-state index contributed by atoms with van der Waals surface area (Å²) in [5, 5.41) is 7.45. The van der Waals surface area contributed by atoms with Crippen LogP contribution in [0.2, 0.25) is 0 Å². The van der Waals surface area contributed by atoms with Gasteiger partial charge in [-0.15, -0.1) is 0 Å². The fraction of sp³-hybridized carbons (Fsp3) is 0.200. The minimum Gasteiger partial charge on any atom is -0.337 e. The smallest absolute Gasteiger partial charge is 0.248 e. The first-order chi connectivity index (χ1) is 10.4. The summed E-state index contributed by atoms with van der Waals surface area (Å²) >= 11 is 0. The van der Waals surface area contributed by atoms with Gasteiger partial charge in [-0.1, -0.05) is 29.4 Å². The molecule has 104 valence electrons. The number of nitrogens with one attached hydrogen (secondary N) is 1. The van der Waals surface area contributed by atoms with E-state index in [0.29, 0.717) is 17.4 Å². The zero-order valence-corrected chi connectivity index (χ0v) is 11.2. The molecule has 1 aromatic carbocycles. The van der Waals surface area contributed by atoms with Gasteiger partial charge < -0.3 is 9.84 Å². The van der Waals surface area contributed by atoms with Gasteiger partial charge in [0.15, 0.2) is 0 Å². The molecule has 0 bridgehead atoms. The van der Waals surface area contributed by atoms with Crippen LogP contribution in [0.25, 0.3) is 11.5 Å².